The highest BCUT2D eigenvalue weighted by atomic mass is 19.4. The van der Waals surface area contributed by atoms with Crippen molar-refractivity contribution in [2.75, 3.05) is 44.8 Å². The van der Waals surface area contributed by atoms with Crippen LogP contribution in [-0.2, 0) is 10.9 Å². The zero-order valence-corrected chi connectivity index (χ0v) is 16.4. The zero-order chi connectivity index (χ0) is 21.8. The highest BCUT2D eigenvalue weighted by Gasteiger charge is 2.30. The first-order valence-electron chi connectivity index (χ1n) is 9.67. The van der Waals surface area contributed by atoms with Gasteiger partial charge in [-0.25, -0.2) is 0 Å². The highest BCUT2D eigenvalue weighted by molar-refractivity contribution is 5.90. The van der Waals surface area contributed by atoms with Crippen molar-refractivity contribution in [2.45, 2.75) is 6.18 Å². The number of aromatic amines is 1. The molecule has 8 nitrogen and oxygen atoms in total. The molecule has 1 aliphatic rings. The van der Waals surface area contributed by atoms with Crippen molar-refractivity contribution in [3.8, 4) is 6.01 Å². The largest absolute Gasteiger partial charge is 0.462 e. The molecule has 1 aliphatic heterocycles. The minimum atomic E-state index is -4.49. The van der Waals surface area contributed by atoms with Crippen LogP contribution in [0.4, 0.5) is 24.7 Å². The Morgan fingerprint density at radius 2 is 2.00 bits per heavy atom. The lowest BCUT2D eigenvalue weighted by molar-refractivity contribution is -0.137. The Morgan fingerprint density at radius 3 is 2.77 bits per heavy atom. The van der Waals surface area contributed by atoms with Gasteiger partial charge in [0, 0.05) is 31.5 Å². The molecule has 1 saturated heterocycles. The summed E-state index contributed by atoms with van der Waals surface area (Å²) in [5.41, 5.74) is -0.828. The average molecular weight is 435 g/mol. The molecule has 2 N–H and O–H groups in total. The zero-order valence-electron chi connectivity index (χ0n) is 16.4. The maximum Gasteiger partial charge on any atom is 0.416 e. The summed E-state index contributed by atoms with van der Waals surface area (Å²) in [4.78, 5) is 25.5. The first-order valence-corrected chi connectivity index (χ1v) is 9.67. The number of ether oxygens (including phenoxy) is 2. The number of fused-ring (bicyclic) bond motifs is 1. The molecule has 0 unspecified atom stereocenters. The van der Waals surface area contributed by atoms with Gasteiger partial charge in [0.1, 0.15) is 12.0 Å². The van der Waals surface area contributed by atoms with Crippen LogP contribution in [0.1, 0.15) is 5.56 Å². The lowest BCUT2D eigenvalue weighted by Gasteiger charge is -2.26. The van der Waals surface area contributed by atoms with Gasteiger partial charge in [0.05, 0.1) is 24.3 Å². The predicted molar refractivity (Wildman–Crippen MR) is 108 cm³/mol. The normalized spacial score (nSPS) is 15.2. The minimum Gasteiger partial charge on any atom is -0.462 e. The van der Waals surface area contributed by atoms with Crippen molar-refractivity contribution >= 4 is 22.4 Å². The molecule has 0 atom stereocenters. The Labute approximate surface area is 175 Å². The molecule has 0 amide bonds. The third kappa shape index (κ3) is 5.12. The second-order valence-corrected chi connectivity index (χ2v) is 6.93. The molecule has 1 aromatic carbocycles. The molecule has 0 bridgehead atoms. The van der Waals surface area contributed by atoms with E-state index in [1.165, 1.54) is 18.3 Å². The average Bonchev–Trinajstić information content (AvgIpc) is 2.74. The molecule has 4 rings (SSSR count). The molecule has 3 heterocycles. The second kappa shape index (κ2) is 8.90. The van der Waals surface area contributed by atoms with Crippen LogP contribution in [0.5, 0.6) is 6.01 Å². The number of morpholine rings is 1. The molecule has 0 saturated carbocycles. The summed E-state index contributed by atoms with van der Waals surface area (Å²) in [5, 5.41) is 2.93. The Morgan fingerprint density at radius 1 is 1.19 bits per heavy atom. The number of aromatic nitrogens is 3. The summed E-state index contributed by atoms with van der Waals surface area (Å²) in [6.07, 6.45) is -3.06. The second-order valence-electron chi connectivity index (χ2n) is 6.93. The van der Waals surface area contributed by atoms with Gasteiger partial charge in [0.2, 0.25) is 0 Å². The van der Waals surface area contributed by atoms with E-state index in [2.05, 4.69) is 25.2 Å². The molecular weight excluding hydrogens is 415 g/mol. The van der Waals surface area contributed by atoms with Gasteiger partial charge in [0.15, 0.2) is 5.82 Å². The van der Waals surface area contributed by atoms with E-state index >= 15 is 0 Å². The Kier molecular flexibility index (Phi) is 6.05. The number of alkyl halides is 3. The number of rotatable bonds is 6. The first-order chi connectivity index (χ1) is 14.9. The molecule has 2 aromatic heterocycles. The van der Waals surface area contributed by atoms with Gasteiger partial charge < -0.3 is 19.8 Å². The summed E-state index contributed by atoms with van der Waals surface area (Å²) in [5.74, 6) is 0.0625. The number of hydrogen-bond donors (Lipinski definition) is 2. The summed E-state index contributed by atoms with van der Waals surface area (Å²) >= 11 is 0. The first kappa shape index (κ1) is 21.1. The number of nitrogens with zero attached hydrogens (tertiary/aromatic N) is 3. The smallest absolute Gasteiger partial charge is 0.416 e. The van der Waals surface area contributed by atoms with Gasteiger partial charge in [-0.1, -0.05) is 6.07 Å². The van der Waals surface area contributed by atoms with Gasteiger partial charge in [-0.2, -0.15) is 23.1 Å². The van der Waals surface area contributed by atoms with Gasteiger partial charge in [-0.05, 0) is 24.3 Å². The Hall–Kier alpha value is -3.18. The van der Waals surface area contributed by atoms with Crippen LogP contribution in [0, 0.1) is 0 Å². The molecule has 0 radical (unpaired) electrons. The predicted octanol–water partition coefficient (Wildman–Crippen LogP) is 2.79. The summed E-state index contributed by atoms with van der Waals surface area (Å²) < 4.78 is 50.1. The van der Waals surface area contributed by atoms with E-state index in [0.29, 0.717) is 31.9 Å². The standard InChI is InChI=1S/C20H20F3N5O3/c21-20(22,23)13-2-1-3-14(12-13)25-17-16-15(4-5-24-18(16)29)26-19(27-17)31-11-8-28-6-9-30-10-7-28/h1-5,12H,6-11H2,(H,24,29)(H,25,26,27). The van der Waals surface area contributed by atoms with E-state index in [-0.39, 0.29) is 22.9 Å². The number of benzene rings is 1. The molecule has 164 valence electrons. The number of anilines is 2. The lowest BCUT2D eigenvalue weighted by atomic mass is 10.2. The molecule has 11 heteroatoms. The minimum absolute atomic E-state index is 0.0286. The maximum absolute atomic E-state index is 13.0. The van der Waals surface area contributed by atoms with E-state index in [4.69, 9.17) is 9.47 Å². The number of nitrogens with one attached hydrogen (secondary N) is 2. The number of H-pyrrole nitrogens is 1. The van der Waals surface area contributed by atoms with E-state index in [1.54, 1.807) is 6.07 Å². The number of pyridine rings is 1. The van der Waals surface area contributed by atoms with Crippen molar-refractivity contribution in [3.63, 3.8) is 0 Å². The fourth-order valence-corrected chi connectivity index (χ4v) is 3.23. The summed E-state index contributed by atoms with van der Waals surface area (Å²) in [7, 11) is 0. The molecule has 3 aromatic rings. The van der Waals surface area contributed by atoms with Crippen LogP contribution in [0.25, 0.3) is 10.9 Å². The van der Waals surface area contributed by atoms with E-state index in [1.807, 2.05) is 0 Å². The van der Waals surface area contributed by atoms with Crippen LogP contribution >= 0.6 is 0 Å². The van der Waals surface area contributed by atoms with E-state index in [0.717, 1.165) is 25.2 Å². The maximum atomic E-state index is 13.0. The number of hydrogen-bond acceptors (Lipinski definition) is 7. The van der Waals surface area contributed by atoms with Crippen LogP contribution < -0.4 is 15.6 Å². The van der Waals surface area contributed by atoms with Crippen molar-refractivity contribution in [1.82, 2.24) is 19.9 Å². The third-order valence-electron chi connectivity index (χ3n) is 4.79. The van der Waals surface area contributed by atoms with Gasteiger partial charge >= 0.3 is 12.2 Å². The van der Waals surface area contributed by atoms with Crippen LogP contribution in [-0.4, -0.2) is 59.3 Å². The number of halogens is 3. The van der Waals surface area contributed by atoms with Crippen LogP contribution in [0.2, 0.25) is 0 Å². The van der Waals surface area contributed by atoms with Crippen LogP contribution in [0.3, 0.4) is 0 Å². The van der Waals surface area contributed by atoms with Gasteiger partial charge in [0.25, 0.3) is 5.56 Å². The fraction of sp³-hybridized carbons (Fsp3) is 0.350. The monoisotopic (exact) mass is 435 g/mol. The van der Waals surface area contributed by atoms with Crippen molar-refractivity contribution in [1.29, 1.82) is 0 Å². The third-order valence-corrected chi connectivity index (χ3v) is 4.79. The van der Waals surface area contributed by atoms with Gasteiger partial charge in [-0.3, -0.25) is 9.69 Å². The molecule has 31 heavy (non-hydrogen) atoms. The topological polar surface area (TPSA) is 92.4 Å². The highest BCUT2D eigenvalue weighted by Crippen LogP contribution is 2.32. The van der Waals surface area contributed by atoms with Crippen molar-refractivity contribution < 1.29 is 22.6 Å². The quantitative estimate of drug-likeness (QED) is 0.615. The molecular formula is C20H20F3N5O3. The van der Waals surface area contributed by atoms with Gasteiger partial charge in [-0.15, -0.1) is 0 Å². The Balaban J connectivity index is 1.60. The summed E-state index contributed by atoms with van der Waals surface area (Å²) in [6, 6.07) is 6.25. The Bertz CT molecular complexity index is 1110. The molecule has 0 aliphatic carbocycles. The van der Waals surface area contributed by atoms with Crippen molar-refractivity contribution in [3.05, 3.63) is 52.4 Å². The lowest BCUT2D eigenvalue weighted by Crippen LogP contribution is -2.38. The molecule has 0 spiro atoms. The van der Waals surface area contributed by atoms with E-state index in [9.17, 15) is 18.0 Å². The summed E-state index contributed by atoms with van der Waals surface area (Å²) in [6.45, 7) is 3.91. The SMILES string of the molecule is O=c1[nH]ccc2nc(OCCN3CCOCC3)nc(Nc3cccc(C(F)(F)F)c3)c12. The van der Waals surface area contributed by atoms with E-state index < -0.39 is 17.3 Å². The van der Waals surface area contributed by atoms with Crippen molar-refractivity contribution in [2.24, 2.45) is 0 Å². The fourth-order valence-electron chi connectivity index (χ4n) is 3.23. The molecule has 1 fully saturated rings. The van der Waals surface area contributed by atoms with Crippen LogP contribution in [0.15, 0.2) is 41.3 Å².